The van der Waals surface area contributed by atoms with Gasteiger partial charge < -0.3 is 4.74 Å². The third kappa shape index (κ3) is 3.19. The fourth-order valence-electron chi connectivity index (χ4n) is 2.44. The molecule has 3 aromatic rings. The van der Waals surface area contributed by atoms with Gasteiger partial charge in [0.2, 0.25) is 5.88 Å². The maximum Gasteiger partial charge on any atom is 0.227 e. The van der Waals surface area contributed by atoms with E-state index >= 15 is 0 Å². The van der Waals surface area contributed by atoms with E-state index in [4.69, 9.17) is 16.3 Å². The number of hydrogen-bond acceptors (Lipinski definition) is 2. The minimum absolute atomic E-state index is 0.0181. The van der Waals surface area contributed by atoms with E-state index in [9.17, 15) is 17.6 Å². The van der Waals surface area contributed by atoms with Crippen LogP contribution in [0.4, 0.5) is 17.6 Å². The molecule has 1 heterocycles. The van der Waals surface area contributed by atoms with Crippen LogP contribution in [0.15, 0.2) is 30.3 Å². The van der Waals surface area contributed by atoms with Crippen molar-refractivity contribution in [2.24, 2.45) is 0 Å². The summed E-state index contributed by atoms with van der Waals surface area (Å²) < 4.78 is 61.2. The SMILES string of the molecule is Cc1nc(C)n(-c2c(F)cc(F)cc2Cl)c1Oc1ccc(F)cc1F. The zero-order valence-corrected chi connectivity index (χ0v) is 13.8. The maximum atomic E-state index is 14.3. The fourth-order valence-corrected chi connectivity index (χ4v) is 2.72. The molecule has 0 unspecified atom stereocenters. The highest BCUT2D eigenvalue weighted by Crippen LogP contribution is 2.35. The maximum absolute atomic E-state index is 14.3. The number of aryl methyl sites for hydroxylation is 2. The van der Waals surface area contributed by atoms with E-state index in [1.807, 2.05) is 0 Å². The summed E-state index contributed by atoms with van der Waals surface area (Å²) >= 11 is 5.97. The fraction of sp³-hybridized carbons (Fsp3) is 0.118. The normalized spacial score (nSPS) is 11.0. The number of rotatable bonds is 3. The largest absolute Gasteiger partial charge is 0.435 e. The molecule has 0 saturated heterocycles. The van der Waals surface area contributed by atoms with Gasteiger partial charge in [0.25, 0.3) is 0 Å². The van der Waals surface area contributed by atoms with Gasteiger partial charge in [-0.1, -0.05) is 11.6 Å². The first-order valence-electron chi connectivity index (χ1n) is 7.11. The van der Waals surface area contributed by atoms with Crippen molar-refractivity contribution in [2.45, 2.75) is 13.8 Å². The topological polar surface area (TPSA) is 27.1 Å². The molecule has 0 aliphatic carbocycles. The summed E-state index contributed by atoms with van der Waals surface area (Å²) in [4.78, 5) is 4.16. The summed E-state index contributed by atoms with van der Waals surface area (Å²) in [6.07, 6.45) is 0. The van der Waals surface area contributed by atoms with Crippen LogP contribution < -0.4 is 4.74 Å². The molecule has 0 atom stereocenters. The van der Waals surface area contributed by atoms with Crippen molar-refractivity contribution < 1.29 is 22.3 Å². The van der Waals surface area contributed by atoms with Gasteiger partial charge in [-0.25, -0.2) is 22.5 Å². The van der Waals surface area contributed by atoms with Crippen LogP contribution in [0.1, 0.15) is 11.5 Å². The Morgan fingerprint density at radius 3 is 2.28 bits per heavy atom. The number of halogens is 5. The van der Waals surface area contributed by atoms with Gasteiger partial charge in [-0.15, -0.1) is 0 Å². The van der Waals surface area contributed by atoms with E-state index in [2.05, 4.69) is 4.98 Å². The average molecular weight is 371 g/mol. The molecule has 0 radical (unpaired) electrons. The van der Waals surface area contributed by atoms with E-state index in [-0.39, 0.29) is 22.3 Å². The molecule has 0 aliphatic rings. The molecule has 8 heteroatoms. The van der Waals surface area contributed by atoms with Crippen molar-refractivity contribution in [3.05, 3.63) is 70.1 Å². The van der Waals surface area contributed by atoms with Crippen molar-refractivity contribution in [2.75, 3.05) is 0 Å². The molecule has 0 fully saturated rings. The van der Waals surface area contributed by atoms with Gasteiger partial charge in [0.1, 0.15) is 28.8 Å². The Kier molecular flexibility index (Phi) is 4.43. The molecule has 0 amide bonds. The van der Waals surface area contributed by atoms with Gasteiger partial charge >= 0.3 is 0 Å². The van der Waals surface area contributed by atoms with E-state index in [1.165, 1.54) is 4.57 Å². The van der Waals surface area contributed by atoms with Gasteiger partial charge in [-0.2, -0.15) is 0 Å². The highest BCUT2D eigenvalue weighted by Gasteiger charge is 2.22. The predicted octanol–water partition coefficient (Wildman–Crippen LogP) is 5.49. The van der Waals surface area contributed by atoms with Crippen LogP contribution in [0.3, 0.4) is 0 Å². The van der Waals surface area contributed by atoms with Crippen molar-refractivity contribution in [1.82, 2.24) is 9.55 Å². The number of benzene rings is 2. The van der Waals surface area contributed by atoms with Crippen molar-refractivity contribution in [1.29, 1.82) is 0 Å². The Morgan fingerprint density at radius 2 is 1.64 bits per heavy atom. The second kappa shape index (κ2) is 6.40. The summed E-state index contributed by atoms with van der Waals surface area (Å²) in [5.41, 5.74) is 0.139. The van der Waals surface area contributed by atoms with Gasteiger partial charge in [-0.05, 0) is 32.0 Å². The summed E-state index contributed by atoms with van der Waals surface area (Å²) in [7, 11) is 0. The van der Waals surface area contributed by atoms with Gasteiger partial charge in [0.15, 0.2) is 17.4 Å². The highest BCUT2D eigenvalue weighted by atomic mass is 35.5. The smallest absolute Gasteiger partial charge is 0.227 e. The standard InChI is InChI=1S/C17H11ClF4N2O/c1-8-17(25-15-4-3-10(19)6-13(15)21)24(9(2)23-8)16-12(18)5-11(20)7-14(16)22/h3-7H,1-2H3. The summed E-state index contributed by atoms with van der Waals surface area (Å²) in [5, 5.41) is -0.206. The molecule has 0 bridgehead atoms. The average Bonchev–Trinajstić information content (AvgIpc) is 2.76. The summed E-state index contributed by atoms with van der Waals surface area (Å²) in [6, 6.07) is 4.38. The van der Waals surface area contributed by atoms with E-state index in [0.29, 0.717) is 23.7 Å². The second-order valence-corrected chi connectivity index (χ2v) is 5.69. The quantitative estimate of drug-likeness (QED) is 0.570. The zero-order valence-electron chi connectivity index (χ0n) is 13.1. The Morgan fingerprint density at radius 1 is 0.960 bits per heavy atom. The Balaban J connectivity index is 2.17. The molecule has 130 valence electrons. The third-order valence-corrected chi connectivity index (χ3v) is 3.76. The van der Waals surface area contributed by atoms with Crippen LogP contribution in [0.5, 0.6) is 11.6 Å². The number of ether oxygens (including phenoxy) is 1. The molecule has 3 nitrogen and oxygen atoms in total. The number of nitrogens with zero attached hydrogens (tertiary/aromatic N) is 2. The predicted molar refractivity (Wildman–Crippen MR) is 84.4 cm³/mol. The molecule has 1 aromatic heterocycles. The van der Waals surface area contributed by atoms with Crippen LogP contribution in [0, 0.1) is 37.1 Å². The van der Waals surface area contributed by atoms with E-state index in [0.717, 1.165) is 18.2 Å². The molecule has 0 N–H and O–H groups in total. The lowest BCUT2D eigenvalue weighted by atomic mass is 10.3. The van der Waals surface area contributed by atoms with Crippen LogP contribution in [-0.2, 0) is 0 Å². The lowest BCUT2D eigenvalue weighted by Gasteiger charge is -2.14. The summed E-state index contributed by atoms with van der Waals surface area (Å²) in [5.74, 6) is -3.47. The highest BCUT2D eigenvalue weighted by molar-refractivity contribution is 6.32. The first-order valence-corrected chi connectivity index (χ1v) is 7.49. The van der Waals surface area contributed by atoms with E-state index in [1.54, 1.807) is 13.8 Å². The Hall–Kier alpha value is -2.54. The van der Waals surface area contributed by atoms with Crippen molar-refractivity contribution in [3.63, 3.8) is 0 Å². The van der Waals surface area contributed by atoms with Gasteiger partial charge in [0.05, 0.1) is 5.02 Å². The van der Waals surface area contributed by atoms with Crippen LogP contribution >= 0.6 is 11.6 Å². The first kappa shape index (κ1) is 17.3. The molecular weight excluding hydrogens is 360 g/mol. The number of aromatic nitrogens is 2. The zero-order chi connectivity index (χ0) is 18.3. The minimum atomic E-state index is -0.935. The second-order valence-electron chi connectivity index (χ2n) is 5.28. The molecule has 0 aliphatic heterocycles. The molecule has 0 spiro atoms. The molecule has 2 aromatic carbocycles. The van der Waals surface area contributed by atoms with Crippen molar-refractivity contribution >= 4 is 11.6 Å². The van der Waals surface area contributed by atoms with Crippen LogP contribution in [0.25, 0.3) is 5.69 Å². The van der Waals surface area contributed by atoms with Crippen LogP contribution in [0.2, 0.25) is 5.02 Å². The molecule has 25 heavy (non-hydrogen) atoms. The lowest BCUT2D eigenvalue weighted by molar-refractivity contribution is 0.411. The Bertz CT molecular complexity index is 949. The van der Waals surface area contributed by atoms with E-state index < -0.39 is 23.3 Å². The van der Waals surface area contributed by atoms with Gasteiger partial charge in [0, 0.05) is 12.1 Å². The molecule has 3 rings (SSSR count). The summed E-state index contributed by atoms with van der Waals surface area (Å²) in [6.45, 7) is 3.12. The molecule has 0 saturated carbocycles. The lowest BCUT2D eigenvalue weighted by Crippen LogP contribution is -2.05. The van der Waals surface area contributed by atoms with Crippen LogP contribution in [-0.4, -0.2) is 9.55 Å². The number of hydrogen-bond donors (Lipinski definition) is 0. The monoisotopic (exact) mass is 370 g/mol. The molecular formula is C17H11ClF4N2O. The Labute approximate surface area is 145 Å². The minimum Gasteiger partial charge on any atom is -0.435 e. The third-order valence-electron chi connectivity index (χ3n) is 3.47. The first-order chi connectivity index (χ1) is 11.8. The van der Waals surface area contributed by atoms with Gasteiger partial charge in [-0.3, -0.25) is 4.57 Å². The van der Waals surface area contributed by atoms with Crippen molar-refractivity contribution in [3.8, 4) is 17.3 Å². The number of imidazole rings is 1.